The molecular weight excluding hydrogens is 236 g/mol. The molecule has 3 heteroatoms. The van der Waals surface area contributed by atoms with Crippen LogP contribution in [0.2, 0.25) is 5.02 Å². The summed E-state index contributed by atoms with van der Waals surface area (Å²) in [4.78, 5) is 11.8. The summed E-state index contributed by atoms with van der Waals surface area (Å²) >= 11 is 6.04. The van der Waals surface area contributed by atoms with Crippen LogP contribution < -0.4 is 0 Å². The fourth-order valence-corrected chi connectivity index (χ4v) is 2.37. The molecule has 0 heterocycles. The molecule has 17 heavy (non-hydrogen) atoms. The molecule has 0 aromatic heterocycles. The second kappa shape index (κ2) is 6.77. The van der Waals surface area contributed by atoms with E-state index in [1.54, 1.807) is 6.07 Å². The average molecular weight is 255 g/mol. The average Bonchev–Trinajstić information content (AvgIpc) is 2.36. The first-order chi connectivity index (χ1) is 8.20. The number of ketones is 1. The van der Waals surface area contributed by atoms with Crippen molar-refractivity contribution < 1.29 is 9.90 Å². The minimum atomic E-state index is -0.806. The van der Waals surface area contributed by atoms with Crippen molar-refractivity contribution in [3.63, 3.8) is 0 Å². The maximum Gasteiger partial charge on any atom is 0.168 e. The smallest absolute Gasteiger partial charge is 0.168 e. The minimum absolute atomic E-state index is 0.0886. The Labute approximate surface area is 108 Å². The molecule has 1 aromatic carbocycles. The molecule has 2 atom stereocenters. The lowest BCUT2D eigenvalue weighted by molar-refractivity contribution is -0.131. The molecule has 1 fully saturated rings. The highest BCUT2D eigenvalue weighted by molar-refractivity contribution is 6.31. The third-order valence-electron chi connectivity index (χ3n) is 2.92. The molecule has 0 amide bonds. The van der Waals surface area contributed by atoms with Crippen LogP contribution in [0.15, 0.2) is 24.3 Å². The highest BCUT2D eigenvalue weighted by Gasteiger charge is 2.31. The van der Waals surface area contributed by atoms with Crippen molar-refractivity contribution in [2.75, 3.05) is 0 Å². The summed E-state index contributed by atoms with van der Waals surface area (Å²) in [6.45, 7) is 4.00. The molecule has 0 spiro atoms. The van der Waals surface area contributed by atoms with E-state index in [9.17, 15) is 9.90 Å². The molecule has 1 N–H and O–H groups in total. The number of benzene rings is 1. The SMILES string of the molecule is CC.O=C1C(c2ccccc2Cl)CCC[C@H]1O. The lowest BCUT2D eigenvalue weighted by Gasteiger charge is -2.25. The quantitative estimate of drug-likeness (QED) is 0.832. The lowest BCUT2D eigenvalue weighted by Crippen LogP contribution is -2.31. The number of hydrogen-bond donors (Lipinski definition) is 1. The first-order valence-electron chi connectivity index (χ1n) is 6.16. The van der Waals surface area contributed by atoms with Crippen LogP contribution >= 0.6 is 11.6 Å². The normalized spacial score (nSPS) is 23.9. The van der Waals surface area contributed by atoms with Gasteiger partial charge < -0.3 is 5.11 Å². The molecule has 1 aromatic rings. The number of aliphatic hydroxyl groups is 1. The molecule has 1 aliphatic carbocycles. The first kappa shape index (κ1) is 14.2. The van der Waals surface area contributed by atoms with E-state index in [0.717, 1.165) is 18.4 Å². The second-order valence-electron chi connectivity index (χ2n) is 3.92. The summed E-state index contributed by atoms with van der Waals surface area (Å²) in [5, 5.41) is 10.1. The van der Waals surface area contributed by atoms with Crippen LogP contribution in [0.3, 0.4) is 0 Å². The van der Waals surface area contributed by atoms with E-state index >= 15 is 0 Å². The van der Waals surface area contributed by atoms with Gasteiger partial charge in [0, 0.05) is 10.9 Å². The number of halogens is 1. The van der Waals surface area contributed by atoms with Gasteiger partial charge in [0.15, 0.2) is 5.78 Å². The zero-order valence-electron chi connectivity index (χ0n) is 10.3. The zero-order chi connectivity index (χ0) is 12.8. The van der Waals surface area contributed by atoms with E-state index in [4.69, 9.17) is 11.6 Å². The summed E-state index contributed by atoms with van der Waals surface area (Å²) in [5.41, 5.74) is 0.850. The molecule has 94 valence electrons. The molecule has 0 bridgehead atoms. The highest BCUT2D eigenvalue weighted by atomic mass is 35.5. The molecule has 1 aliphatic rings. The number of carbonyl (C=O) groups excluding carboxylic acids is 1. The van der Waals surface area contributed by atoms with Crippen LogP contribution in [0.5, 0.6) is 0 Å². The molecular formula is C14H19ClO2. The van der Waals surface area contributed by atoms with E-state index in [-0.39, 0.29) is 11.7 Å². The van der Waals surface area contributed by atoms with Gasteiger partial charge in [-0.2, -0.15) is 0 Å². The number of carbonyl (C=O) groups is 1. The van der Waals surface area contributed by atoms with Crippen molar-refractivity contribution in [2.45, 2.75) is 45.1 Å². The molecule has 1 unspecified atom stereocenters. The Morgan fingerprint density at radius 3 is 2.53 bits per heavy atom. The fourth-order valence-electron chi connectivity index (χ4n) is 2.10. The van der Waals surface area contributed by atoms with Crippen molar-refractivity contribution in [1.82, 2.24) is 0 Å². The Morgan fingerprint density at radius 2 is 1.88 bits per heavy atom. The van der Waals surface area contributed by atoms with E-state index in [0.29, 0.717) is 11.4 Å². The van der Waals surface area contributed by atoms with Gasteiger partial charge in [0.05, 0.1) is 0 Å². The van der Waals surface area contributed by atoms with Gasteiger partial charge in [-0.1, -0.05) is 43.6 Å². The number of aliphatic hydroxyl groups excluding tert-OH is 1. The molecule has 2 nitrogen and oxygen atoms in total. The van der Waals surface area contributed by atoms with Gasteiger partial charge in [0.2, 0.25) is 0 Å². The van der Waals surface area contributed by atoms with Crippen LogP contribution in [0.4, 0.5) is 0 Å². The Bertz CT molecular complexity index is 376. The van der Waals surface area contributed by atoms with Crippen LogP contribution in [0.1, 0.15) is 44.6 Å². The summed E-state index contributed by atoms with van der Waals surface area (Å²) in [5.74, 6) is -0.309. The largest absolute Gasteiger partial charge is 0.385 e. The van der Waals surface area contributed by atoms with Gasteiger partial charge in [0.1, 0.15) is 6.10 Å². The molecule has 0 radical (unpaired) electrons. The Morgan fingerprint density at radius 1 is 1.24 bits per heavy atom. The zero-order valence-corrected chi connectivity index (χ0v) is 11.1. The van der Waals surface area contributed by atoms with Crippen LogP contribution in [0, 0.1) is 0 Å². The summed E-state index contributed by atoms with van der Waals surface area (Å²) in [6.07, 6.45) is 1.45. The van der Waals surface area contributed by atoms with E-state index in [2.05, 4.69) is 0 Å². The first-order valence-corrected chi connectivity index (χ1v) is 6.54. The summed E-state index contributed by atoms with van der Waals surface area (Å²) in [7, 11) is 0. The van der Waals surface area contributed by atoms with Gasteiger partial charge in [-0.3, -0.25) is 4.79 Å². The second-order valence-corrected chi connectivity index (χ2v) is 4.33. The van der Waals surface area contributed by atoms with Crippen LogP contribution in [-0.4, -0.2) is 17.0 Å². The number of hydrogen-bond acceptors (Lipinski definition) is 2. The highest BCUT2D eigenvalue weighted by Crippen LogP contribution is 2.33. The number of Topliss-reactive ketones (excluding diaryl/α,β-unsaturated/α-hetero) is 1. The standard InChI is InChI=1S/C12H13ClO2.C2H6/c13-10-6-2-1-4-8(10)9-5-3-7-11(14)12(9)15;1-2/h1-2,4,6,9,11,14H,3,5,7H2;1-2H3/t9?,11-;/m1./s1. The third kappa shape index (κ3) is 3.30. The van der Waals surface area contributed by atoms with E-state index in [1.807, 2.05) is 32.0 Å². The van der Waals surface area contributed by atoms with Crippen molar-refractivity contribution in [1.29, 1.82) is 0 Å². The van der Waals surface area contributed by atoms with Gasteiger partial charge >= 0.3 is 0 Å². The Kier molecular flexibility index (Phi) is 5.66. The Balaban J connectivity index is 0.000000686. The Hall–Kier alpha value is -0.860. The third-order valence-corrected chi connectivity index (χ3v) is 3.27. The maximum absolute atomic E-state index is 11.8. The van der Waals surface area contributed by atoms with Gasteiger partial charge in [-0.15, -0.1) is 0 Å². The summed E-state index contributed by atoms with van der Waals surface area (Å²) in [6, 6.07) is 7.36. The predicted molar refractivity (Wildman–Crippen MR) is 70.4 cm³/mol. The van der Waals surface area contributed by atoms with Gasteiger partial charge in [0.25, 0.3) is 0 Å². The molecule has 1 saturated carbocycles. The topological polar surface area (TPSA) is 37.3 Å². The maximum atomic E-state index is 11.8. The van der Waals surface area contributed by atoms with E-state index in [1.165, 1.54) is 0 Å². The van der Waals surface area contributed by atoms with E-state index < -0.39 is 6.10 Å². The van der Waals surface area contributed by atoms with Crippen molar-refractivity contribution in [2.24, 2.45) is 0 Å². The van der Waals surface area contributed by atoms with Gasteiger partial charge in [-0.05, 0) is 30.9 Å². The van der Waals surface area contributed by atoms with Crippen molar-refractivity contribution in [3.8, 4) is 0 Å². The van der Waals surface area contributed by atoms with Crippen LogP contribution in [0.25, 0.3) is 0 Å². The number of rotatable bonds is 1. The van der Waals surface area contributed by atoms with Gasteiger partial charge in [-0.25, -0.2) is 0 Å². The molecule has 0 aliphatic heterocycles. The fraction of sp³-hybridized carbons (Fsp3) is 0.500. The van der Waals surface area contributed by atoms with Crippen LogP contribution in [-0.2, 0) is 4.79 Å². The predicted octanol–water partition coefficient (Wildman–Crippen LogP) is 3.56. The molecule has 2 rings (SSSR count). The monoisotopic (exact) mass is 254 g/mol. The molecule has 0 saturated heterocycles. The van der Waals surface area contributed by atoms with Crippen molar-refractivity contribution >= 4 is 17.4 Å². The van der Waals surface area contributed by atoms with Crippen molar-refractivity contribution in [3.05, 3.63) is 34.9 Å². The summed E-state index contributed by atoms with van der Waals surface area (Å²) < 4.78 is 0. The minimum Gasteiger partial charge on any atom is -0.385 e. The lowest BCUT2D eigenvalue weighted by atomic mass is 9.81.